The van der Waals surface area contributed by atoms with Gasteiger partial charge in [-0.3, -0.25) is 4.57 Å². The Bertz CT molecular complexity index is 1260. The van der Waals surface area contributed by atoms with Gasteiger partial charge in [-0.15, -0.1) is 0 Å². The molecular weight excluding hydrogens is 557 g/mol. The Hall–Kier alpha value is -1.55. The zero-order valence-corrected chi connectivity index (χ0v) is 21.2. The molecule has 11 heteroatoms. The molecular formula is C22H20BrF2O5PS2. The second-order valence-corrected chi connectivity index (χ2v) is 12.8. The molecule has 0 atom stereocenters. The largest absolute Gasteiger partial charge is 0.399 e. The molecule has 0 unspecified atom stereocenters. The van der Waals surface area contributed by atoms with E-state index in [9.17, 15) is 21.8 Å². The molecule has 0 aliphatic carbocycles. The Kier molecular flexibility index (Phi) is 8.19. The molecule has 0 radical (unpaired) electrons. The Morgan fingerprint density at radius 1 is 0.879 bits per heavy atom. The van der Waals surface area contributed by atoms with Crippen molar-refractivity contribution in [1.82, 2.24) is 0 Å². The van der Waals surface area contributed by atoms with Gasteiger partial charge in [-0.1, -0.05) is 70.5 Å². The minimum atomic E-state index is -5.64. The summed E-state index contributed by atoms with van der Waals surface area (Å²) < 4.78 is 63.8. The first-order valence-corrected chi connectivity index (χ1v) is 14.8. The normalized spacial score (nSPS) is 12.6. The van der Waals surface area contributed by atoms with Crippen LogP contribution in [0.15, 0.2) is 82.2 Å². The van der Waals surface area contributed by atoms with Crippen molar-refractivity contribution in [2.24, 2.45) is 0 Å². The number of hydrogen-bond donors (Lipinski definition) is 2. The van der Waals surface area contributed by atoms with Crippen molar-refractivity contribution in [2.75, 3.05) is 0 Å². The lowest BCUT2D eigenvalue weighted by molar-refractivity contribution is 0.0557. The standard InChI is InChI=1S/C22H20BrF2O5PS2/c23-21-12-18(10-11-20(21)22(24,25)31(26,27)28)14-32-13-16-6-8-17(9-7-16)15-33(29,30)19-4-2-1-3-5-19/h1-12H,13-15H2,(H2,26,27,28). The number of rotatable bonds is 9. The predicted octanol–water partition coefficient (Wildman–Crippen LogP) is 6.08. The van der Waals surface area contributed by atoms with Gasteiger partial charge >= 0.3 is 13.3 Å². The van der Waals surface area contributed by atoms with E-state index in [-0.39, 0.29) is 15.1 Å². The highest BCUT2D eigenvalue weighted by Crippen LogP contribution is 2.60. The maximum Gasteiger partial charge on any atom is 0.399 e. The topological polar surface area (TPSA) is 91.7 Å². The molecule has 33 heavy (non-hydrogen) atoms. The van der Waals surface area contributed by atoms with Crippen molar-refractivity contribution in [1.29, 1.82) is 0 Å². The van der Waals surface area contributed by atoms with Crippen LogP contribution in [0.5, 0.6) is 0 Å². The molecule has 0 amide bonds. The van der Waals surface area contributed by atoms with Gasteiger partial charge in [0.25, 0.3) is 0 Å². The lowest BCUT2D eigenvalue weighted by Gasteiger charge is -2.19. The fourth-order valence-electron chi connectivity index (χ4n) is 3.00. The van der Waals surface area contributed by atoms with E-state index in [4.69, 9.17) is 9.79 Å². The van der Waals surface area contributed by atoms with Crippen LogP contribution < -0.4 is 0 Å². The first-order chi connectivity index (χ1) is 15.4. The van der Waals surface area contributed by atoms with Gasteiger partial charge in [-0.25, -0.2) is 8.42 Å². The van der Waals surface area contributed by atoms with Gasteiger partial charge in [-0.2, -0.15) is 20.5 Å². The van der Waals surface area contributed by atoms with Crippen LogP contribution in [-0.4, -0.2) is 18.2 Å². The molecule has 0 saturated heterocycles. The first-order valence-electron chi connectivity index (χ1n) is 9.56. The maximum atomic E-state index is 13.9. The van der Waals surface area contributed by atoms with E-state index < -0.39 is 28.7 Å². The third-order valence-electron chi connectivity index (χ3n) is 4.74. The lowest BCUT2D eigenvalue weighted by atomic mass is 10.1. The smallest absolute Gasteiger partial charge is 0.320 e. The molecule has 176 valence electrons. The van der Waals surface area contributed by atoms with Crippen LogP contribution in [0.3, 0.4) is 0 Å². The summed E-state index contributed by atoms with van der Waals surface area (Å²) in [6, 6.07) is 19.3. The zero-order valence-electron chi connectivity index (χ0n) is 17.1. The Labute approximate surface area is 203 Å². The molecule has 3 rings (SSSR count). The van der Waals surface area contributed by atoms with Gasteiger partial charge in [-0.05, 0) is 34.9 Å². The Morgan fingerprint density at radius 3 is 2.00 bits per heavy atom. The van der Waals surface area contributed by atoms with Crippen LogP contribution in [0.1, 0.15) is 22.3 Å². The molecule has 0 aromatic heterocycles. The van der Waals surface area contributed by atoms with Gasteiger partial charge in [0.1, 0.15) is 0 Å². The highest BCUT2D eigenvalue weighted by atomic mass is 79.9. The minimum absolute atomic E-state index is 0.0714. The summed E-state index contributed by atoms with van der Waals surface area (Å²) >= 11 is 4.50. The van der Waals surface area contributed by atoms with E-state index in [1.54, 1.807) is 42.5 Å². The average molecular weight is 577 g/mol. The van der Waals surface area contributed by atoms with Crippen molar-refractivity contribution >= 4 is 45.1 Å². The van der Waals surface area contributed by atoms with Crippen LogP contribution >= 0.6 is 35.3 Å². The third kappa shape index (κ3) is 6.53. The first kappa shape index (κ1) is 26.1. The lowest BCUT2D eigenvalue weighted by Crippen LogP contribution is -2.14. The second-order valence-electron chi connectivity index (χ2n) is 7.28. The molecule has 5 nitrogen and oxygen atoms in total. The van der Waals surface area contributed by atoms with Crippen LogP contribution in [0.4, 0.5) is 8.78 Å². The summed E-state index contributed by atoms with van der Waals surface area (Å²) in [7, 11) is -9.05. The molecule has 0 fully saturated rings. The van der Waals surface area contributed by atoms with Crippen LogP contribution in [0.2, 0.25) is 0 Å². The quantitative estimate of drug-likeness (QED) is 0.300. The minimum Gasteiger partial charge on any atom is -0.320 e. The summed E-state index contributed by atoms with van der Waals surface area (Å²) in [6.45, 7) is 0. The van der Waals surface area contributed by atoms with E-state index in [1.807, 2.05) is 12.1 Å². The average Bonchev–Trinajstić information content (AvgIpc) is 2.74. The van der Waals surface area contributed by atoms with Crippen LogP contribution in [0, 0.1) is 0 Å². The Morgan fingerprint density at radius 2 is 1.42 bits per heavy atom. The molecule has 0 saturated carbocycles. The Balaban J connectivity index is 1.58. The molecule has 2 N–H and O–H groups in total. The van der Waals surface area contributed by atoms with Crippen molar-refractivity contribution in [3.05, 3.63) is 99.5 Å². The summed E-state index contributed by atoms with van der Waals surface area (Å²) in [5.41, 5.74) is -2.66. The van der Waals surface area contributed by atoms with E-state index in [0.29, 0.717) is 22.6 Å². The molecule has 0 heterocycles. The van der Waals surface area contributed by atoms with Crippen LogP contribution in [0.25, 0.3) is 0 Å². The van der Waals surface area contributed by atoms with E-state index >= 15 is 0 Å². The summed E-state index contributed by atoms with van der Waals surface area (Å²) in [4.78, 5) is 18.1. The zero-order chi connectivity index (χ0) is 24.3. The van der Waals surface area contributed by atoms with Crippen molar-refractivity contribution in [3.8, 4) is 0 Å². The van der Waals surface area contributed by atoms with E-state index in [2.05, 4.69) is 15.9 Å². The highest BCUT2D eigenvalue weighted by Gasteiger charge is 2.51. The summed E-state index contributed by atoms with van der Waals surface area (Å²) in [6.07, 6.45) is 0. The molecule has 0 aliphatic rings. The van der Waals surface area contributed by atoms with E-state index in [1.165, 1.54) is 23.9 Å². The molecule has 0 bridgehead atoms. The SMILES string of the molecule is O=P(O)(O)C(F)(F)c1ccc(CSCc2ccc(CS(=O)(=O)c3ccccc3)cc2)cc1Br. The van der Waals surface area contributed by atoms with Gasteiger partial charge < -0.3 is 9.79 Å². The van der Waals surface area contributed by atoms with Crippen molar-refractivity contribution < 1.29 is 31.6 Å². The fourth-order valence-corrected chi connectivity index (χ4v) is 6.65. The molecule has 0 aliphatic heterocycles. The van der Waals surface area contributed by atoms with Gasteiger partial charge in [0.05, 0.1) is 10.6 Å². The molecule has 3 aromatic carbocycles. The molecule has 0 spiro atoms. The third-order valence-corrected chi connectivity index (χ3v) is 9.15. The predicted molar refractivity (Wildman–Crippen MR) is 129 cm³/mol. The van der Waals surface area contributed by atoms with Gasteiger partial charge in [0, 0.05) is 21.5 Å². The number of alkyl halides is 2. The van der Waals surface area contributed by atoms with Crippen molar-refractivity contribution in [2.45, 2.75) is 27.8 Å². The maximum absolute atomic E-state index is 13.9. The van der Waals surface area contributed by atoms with Gasteiger partial charge in [0.15, 0.2) is 9.84 Å². The van der Waals surface area contributed by atoms with E-state index in [0.717, 1.165) is 11.6 Å². The number of halogens is 3. The number of sulfone groups is 1. The number of benzene rings is 3. The second kappa shape index (κ2) is 10.4. The van der Waals surface area contributed by atoms with Crippen molar-refractivity contribution in [3.63, 3.8) is 0 Å². The summed E-state index contributed by atoms with van der Waals surface area (Å²) in [5, 5.41) is 0. The fraction of sp³-hybridized carbons (Fsp3) is 0.182. The number of thioether (sulfide) groups is 1. The van der Waals surface area contributed by atoms with Crippen LogP contribution in [-0.2, 0) is 37.3 Å². The molecule has 3 aromatic rings. The highest BCUT2D eigenvalue weighted by molar-refractivity contribution is 9.10. The summed E-state index contributed by atoms with van der Waals surface area (Å²) in [5.74, 6) is 1.01. The van der Waals surface area contributed by atoms with Gasteiger partial charge in [0.2, 0.25) is 0 Å². The monoisotopic (exact) mass is 576 g/mol. The number of hydrogen-bond acceptors (Lipinski definition) is 4.